The predicted octanol–water partition coefficient (Wildman–Crippen LogP) is 1.02. The fourth-order valence-electron chi connectivity index (χ4n) is 1.74. The molecule has 0 aliphatic heterocycles. The molecule has 0 aliphatic carbocycles. The second kappa shape index (κ2) is 9.69. The average Bonchev–Trinajstić information content (AvgIpc) is 2.34. The van der Waals surface area contributed by atoms with Crippen LogP contribution in [0, 0.1) is 0 Å². The molecule has 0 aromatic rings. The topological polar surface area (TPSA) is 61.4 Å². The molecule has 0 aromatic carbocycles. The number of sulfonamides is 1. The molecule has 2 N–H and O–H groups in total. The molecule has 0 rings (SSSR count). The summed E-state index contributed by atoms with van der Waals surface area (Å²) in [5, 5.41) is 2.75. The quantitative estimate of drug-likeness (QED) is 0.597. The summed E-state index contributed by atoms with van der Waals surface area (Å²) in [4.78, 5) is 2.25. The number of likely N-dealkylation sites (N-methyl/N-ethyl adjacent to an activating group) is 1. The van der Waals surface area contributed by atoms with Crippen LogP contribution in [0.25, 0.3) is 0 Å². The van der Waals surface area contributed by atoms with Crippen molar-refractivity contribution < 1.29 is 8.42 Å². The predicted molar refractivity (Wildman–Crippen MR) is 81.9 cm³/mol. The van der Waals surface area contributed by atoms with E-state index < -0.39 is 15.3 Å². The molecule has 0 saturated heterocycles. The normalized spacial score (nSPS) is 14.3. The molecule has 1 atom stereocenters. The highest BCUT2D eigenvalue weighted by Gasteiger charge is 2.20. The van der Waals surface area contributed by atoms with Crippen LogP contribution in [0.5, 0.6) is 0 Å². The Morgan fingerprint density at radius 3 is 2.21 bits per heavy atom. The first-order chi connectivity index (χ1) is 8.83. The monoisotopic (exact) mass is 293 g/mol. The molecule has 0 fully saturated rings. The first-order valence-electron chi connectivity index (χ1n) is 7.27. The van der Waals surface area contributed by atoms with Gasteiger partial charge >= 0.3 is 0 Å². The Labute approximate surface area is 119 Å². The summed E-state index contributed by atoms with van der Waals surface area (Å²) in [5.74, 6) is 0. The minimum atomic E-state index is -3.21. The fraction of sp³-hybridized carbons (Fsp3) is 1.00. The second-order valence-electron chi connectivity index (χ2n) is 5.25. The van der Waals surface area contributed by atoms with Gasteiger partial charge in [-0.05, 0) is 26.4 Å². The molecule has 0 saturated carbocycles. The third-order valence-electron chi connectivity index (χ3n) is 3.06. The highest BCUT2D eigenvalue weighted by atomic mass is 32.2. The zero-order chi connectivity index (χ0) is 14.9. The van der Waals surface area contributed by atoms with E-state index in [1.54, 1.807) is 6.92 Å². The van der Waals surface area contributed by atoms with Crippen LogP contribution < -0.4 is 10.0 Å². The Bertz CT molecular complexity index is 318. The molecular weight excluding hydrogens is 262 g/mol. The van der Waals surface area contributed by atoms with Crippen molar-refractivity contribution in [2.24, 2.45) is 0 Å². The van der Waals surface area contributed by atoms with E-state index in [0.29, 0.717) is 19.1 Å². The summed E-state index contributed by atoms with van der Waals surface area (Å²) < 4.78 is 26.7. The zero-order valence-electron chi connectivity index (χ0n) is 13.1. The van der Waals surface area contributed by atoms with Gasteiger partial charge in [-0.25, -0.2) is 13.1 Å². The van der Waals surface area contributed by atoms with Crippen molar-refractivity contribution in [3.05, 3.63) is 0 Å². The maximum Gasteiger partial charge on any atom is 0.215 e. The largest absolute Gasteiger partial charge is 0.313 e. The molecule has 0 radical (unpaired) electrons. The molecule has 5 nitrogen and oxygen atoms in total. The Hall–Kier alpha value is -0.170. The standard InChI is InChI=1S/C13H31N3O2S/c1-6-9-16(7-2)10-8-15-19(17,18)13(5)11-14-12(3)4/h12-15H,6-11H2,1-5H3. The zero-order valence-corrected chi connectivity index (χ0v) is 13.9. The van der Waals surface area contributed by atoms with Crippen molar-refractivity contribution in [3.63, 3.8) is 0 Å². The molecule has 1 unspecified atom stereocenters. The molecule has 0 amide bonds. The molecule has 19 heavy (non-hydrogen) atoms. The maximum atomic E-state index is 12.0. The number of nitrogens with one attached hydrogen (secondary N) is 2. The minimum Gasteiger partial charge on any atom is -0.313 e. The van der Waals surface area contributed by atoms with E-state index in [4.69, 9.17) is 0 Å². The van der Waals surface area contributed by atoms with Crippen molar-refractivity contribution in [2.75, 3.05) is 32.7 Å². The van der Waals surface area contributed by atoms with E-state index in [2.05, 4.69) is 28.8 Å². The molecule has 0 spiro atoms. The molecular formula is C13H31N3O2S. The summed E-state index contributed by atoms with van der Waals surface area (Å²) in [6.07, 6.45) is 1.09. The first kappa shape index (κ1) is 18.8. The van der Waals surface area contributed by atoms with Gasteiger partial charge in [0.15, 0.2) is 0 Å². The van der Waals surface area contributed by atoms with Crippen LogP contribution in [0.1, 0.15) is 41.0 Å². The lowest BCUT2D eigenvalue weighted by Gasteiger charge is -2.21. The third kappa shape index (κ3) is 8.57. The smallest absolute Gasteiger partial charge is 0.215 e. The lowest BCUT2D eigenvalue weighted by atomic mass is 10.3. The van der Waals surface area contributed by atoms with Crippen LogP contribution in [-0.2, 0) is 10.0 Å². The van der Waals surface area contributed by atoms with Crippen LogP contribution in [-0.4, -0.2) is 57.3 Å². The van der Waals surface area contributed by atoms with Crippen molar-refractivity contribution in [3.8, 4) is 0 Å². The Balaban J connectivity index is 4.08. The van der Waals surface area contributed by atoms with E-state index >= 15 is 0 Å². The SMILES string of the molecule is CCCN(CC)CCNS(=O)(=O)C(C)CNC(C)C. The third-order valence-corrected chi connectivity index (χ3v) is 4.89. The van der Waals surface area contributed by atoms with Gasteiger partial charge in [-0.2, -0.15) is 0 Å². The number of hydrogen-bond donors (Lipinski definition) is 2. The van der Waals surface area contributed by atoms with Crippen LogP contribution in [0.15, 0.2) is 0 Å². The summed E-state index contributed by atoms with van der Waals surface area (Å²) in [7, 11) is -3.21. The van der Waals surface area contributed by atoms with Gasteiger partial charge in [-0.1, -0.05) is 27.7 Å². The van der Waals surface area contributed by atoms with Gasteiger partial charge in [-0.15, -0.1) is 0 Å². The van der Waals surface area contributed by atoms with E-state index in [9.17, 15) is 8.42 Å². The maximum absolute atomic E-state index is 12.0. The van der Waals surface area contributed by atoms with E-state index in [0.717, 1.165) is 26.1 Å². The lowest BCUT2D eigenvalue weighted by Crippen LogP contribution is -2.43. The van der Waals surface area contributed by atoms with Crippen molar-refractivity contribution in [2.45, 2.75) is 52.3 Å². The summed E-state index contributed by atoms with van der Waals surface area (Å²) in [6.45, 7) is 13.7. The molecule has 116 valence electrons. The molecule has 0 aromatic heterocycles. The number of rotatable bonds is 11. The first-order valence-corrected chi connectivity index (χ1v) is 8.82. The molecule has 6 heteroatoms. The molecule has 0 aliphatic rings. The van der Waals surface area contributed by atoms with Crippen molar-refractivity contribution >= 4 is 10.0 Å². The van der Waals surface area contributed by atoms with Crippen LogP contribution in [0.2, 0.25) is 0 Å². The van der Waals surface area contributed by atoms with Crippen molar-refractivity contribution in [1.29, 1.82) is 0 Å². The number of nitrogens with zero attached hydrogens (tertiary/aromatic N) is 1. The fourth-order valence-corrected chi connectivity index (χ4v) is 2.72. The van der Waals surface area contributed by atoms with Crippen LogP contribution >= 0.6 is 0 Å². The molecule has 0 heterocycles. The summed E-state index contributed by atoms with van der Waals surface area (Å²) in [6, 6.07) is 0.304. The minimum absolute atomic E-state index is 0.304. The van der Waals surface area contributed by atoms with Gasteiger partial charge in [0.1, 0.15) is 0 Å². The lowest BCUT2D eigenvalue weighted by molar-refractivity contribution is 0.293. The molecule has 0 bridgehead atoms. The van der Waals surface area contributed by atoms with Gasteiger partial charge in [0.25, 0.3) is 0 Å². The highest BCUT2D eigenvalue weighted by Crippen LogP contribution is 1.98. The Kier molecular flexibility index (Phi) is 9.60. The van der Waals surface area contributed by atoms with Gasteiger partial charge < -0.3 is 10.2 Å². The second-order valence-corrected chi connectivity index (χ2v) is 7.43. The van der Waals surface area contributed by atoms with Gasteiger partial charge in [0, 0.05) is 25.7 Å². The Morgan fingerprint density at radius 2 is 1.74 bits per heavy atom. The van der Waals surface area contributed by atoms with Crippen molar-refractivity contribution in [1.82, 2.24) is 14.9 Å². The van der Waals surface area contributed by atoms with E-state index in [1.165, 1.54) is 0 Å². The van der Waals surface area contributed by atoms with Crippen LogP contribution in [0.3, 0.4) is 0 Å². The van der Waals surface area contributed by atoms with Crippen LogP contribution in [0.4, 0.5) is 0 Å². The highest BCUT2D eigenvalue weighted by molar-refractivity contribution is 7.90. The average molecular weight is 293 g/mol. The van der Waals surface area contributed by atoms with Gasteiger partial charge in [0.05, 0.1) is 5.25 Å². The summed E-state index contributed by atoms with van der Waals surface area (Å²) in [5.41, 5.74) is 0. The van der Waals surface area contributed by atoms with Gasteiger partial charge in [0.2, 0.25) is 10.0 Å². The van der Waals surface area contributed by atoms with Gasteiger partial charge in [-0.3, -0.25) is 0 Å². The van der Waals surface area contributed by atoms with E-state index in [-0.39, 0.29) is 0 Å². The Morgan fingerprint density at radius 1 is 1.11 bits per heavy atom. The summed E-state index contributed by atoms with van der Waals surface area (Å²) >= 11 is 0. The van der Waals surface area contributed by atoms with E-state index in [1.807, 2.05) is 13.8 Å². The number of hydrogen-bond acceptors (Lipinski definition) is 4.